The van der Waals surface area contributed by atoms with Crippen LogP contribution in [0.1, 0.15) is 31.5 Å². The molecule has 0 aliphatic carbocycles. The van der Waals surface area contributed by atoms with E-state index in [0.29, 0.717) is 37.8 Å². The van der Waals surface area contributed by atoms with E-state index in [2.05, 4.69) is 21.7 Å². The number of nitrogens with zero attached hydrogens (tertiary/aromatic N) is 4. The lowest BCUT2D eigenvalue weighted by Crippen LogP contribution is -2.39. The Morgan fingerprint density at radius 2 is 2.00 bits per heavy atom. The van der Waals surface area contributed by atoms with Gasteiger partial charge in [-0.15, -0.1) is 10.2 Å². The van der Waals surface area contributed by atoms with Crippen molar-refractivity contribution in [2.24, 2.45) is 0 Å². The highest BCUT2D eigenvalue weighted by atomic mass is 32.2. The van der Waals surface area contributed by atoms with Gasteiger partial charge >= 0.3 is 0 Å². The maximum atomic E-state index is 13.2. The van der Waals surface area contributed by atoms with Crippen LogP contribution in [0, 0.1) is 0 Å². The van der Waals surface area contributed by atoms with Crippen LogP contribution in [0.25, 0.3) is 0 Å². The zero-order valence-corrected chi connectivity index (χ0v) is 17.6. The van der Waals surface area contributed by atoms with Crippen molar-refractivity contribution in [2.45, 2.75) is 42.3 Å². The molecule has 0 amide bonds. The predicted molar refractivity (Wildman–Crippen MR) is 106 cm³/mol. The molecule has 0 bridgehead atoms. The van der Waals surface area contributed by atoms with Crippen LogP contribution in [0.3, 0.4) is 0 Å². The van der Waals surface area contributed by atoms with Crippen LogP contribution in [0.4, 0.5) is 0 Å². The van der Waals surface area contributed by atoms with Gasteiger partial charge in [-0.1, -0.05) is 11.8 Å². The van der Waals surface area contributed by atoms with Gasteiger partial charge in [0.25, 0.3) is 0 Å². The van der Waals surface area contributed by atoms with E-state index < -0.39 is 10.0 Å². The quantitative estimate of drug-likeness (QED) is 0.681. The number of hydrogen-bond donors (Lipinski definition) is 0. The molecular weight excluding hydrogens is 400 g/mol. The molecule has 0 N–H and O–H groups in total. The van der Waals surface area contributed by atoms with Crippen LogP contribution in [0.15, 0.2) is 28.3 Å². The van der Waals surface area contributed by atoms with E-state index in [4.69, 9.17) is 9.47 Å². The van der Waals surface area contributed by atoms with Gasteiger partial charge in [-0.2, -0.15) is 4.31 Å². The summed E-state index contributed by atoms with van der Waals surface area (Å²) in [4.78, 5) is 0.235. The fourth-order valence-electron chi connectivity index (χ4n) is 3.75. The van der Waals surface area contributed by atoms with Gasteiger partial charge in [-0.3, -0.25) is 0 Å². The number of fused-ring (bicyclic) bond motifs is 1. The highest BCUT2D eigenvalue weighted by Crippen LogP contribution is 2.35. The minimum absolute atomic E-state index is 0.0362. The van der Waals surface area contributed by atoms with Crippen LogP contribution in [0.2, 0.25) is 0 Å². The summed E-state index contributed by atoms with van der Waals surface area (Å²) in [5.41, 5.74) is 0. The Kier molecular flexibility index (Phi) is 5.52. The van der Waals surface area contributed by atoms with Gasteiger partial charge < -0.3 is 14.0 Å². The standard InChI is InChI=1S/C18H24N4O4S2/c1-3-22-17(19-20-18(22)27-2)13-5-4-8-21(12-13)28(23,24)14-6-7-15-16(11-14)26-10-9-25-15/h6-7,11,13H,3-5,8-10,12H2,1-2H3/t13-/m0/s1. The number of benzene rings is 1. The molecule has 1 aromatic carbocycles. The number of hydrogen-bond acceptors (Lipinski definition) is 7. The molecular formula is C18H24N4O4S2. The average molecular weight is 425 g/mol. The summed E-state index contributed by atoms with van der Waals surface area (Å²) in [5.74, 6) is 1.97. The molecule has 2 aromatic rings. The second kappa shape index (κ2) is 7.92. The molecule has 4 rings (SSSR count). The van der Waals surface area contributed by atoms with Crippen LogP contribution in [-0.4, -0.2) is 60.0 Å². The van der Waals surface area contributed by atoms with Gasteiger partial charge in [0.15, 0.2) is 16.7 Å². The fourth-order valence-corrected chi connectivity index (χ4v) is 5.86. The number of ether oxygens (including phenoxy) is 2. The van der Waals surface area contributed by atoms with Gasteiger partial charge in [0.2, 0.25) is 10.0 Å². The topological polar surface area (TPSA) is 86.6 Å². The summed E-state index contributed by atoms with van der Waals surface area (Å²) in [7, 11) is -3.62. The maximum Gasteiger partial charge on any atom is 0.243 e. The van der Waals surface area contributed by atoms with Gasteiger partial charge in [0.05, 0.1) is 4.90 Å². The van der Waals surface area contributed by atoms with Crippen molar-refractivity contribution >= 4 is 21.8 Å². The average Bonchev–Trinajstić information content (AvgIpc) is 3.16. The summed E-state index contributed by atoms with van der Waals surface area (Å²) in [6.45, 7) is 4.63. The smallest absolute Gasteiger partial charge is 0.243 e. The lowest BCUT2D eigenvalue weighted by Gasteiger charge is -2.31. The van der Waals surface area contributed by atoms with Crippen LogP contribution in [-0.2, 0) is 16.6 Å². The Balaban J connectivity index is 1.59. The van der Waals surface area contributed by atoms with Crippen molar-refractivity contribution in [1.82, 2.24) is 19.1 Å². The minimum Gasteiger partial charge on any atom is -0.486 e. The molecule has 8 nitrogen and oxygen atoms in total. The molecule has 10 heteroatoms. The maximum absolute atomic E-state index is 13.2. The molecule has 2 aliphatic rings. The Bertz CT molecular complexity index is 960. The monoisotopic (exact) mass is 424 g/mol. The highest BCUT2D eigenvalue weighted by Gasteiger charge is 2.34. The molecule has 0 saturated carbocycles. The molecule has 0 radical (unpaired) electrons. The first-order valence-electron chi connectivity index (χ1n) is 9.41. The first-order chi connectivity index (χ1) is 13.5. The van der Waals surface area contributed by atoms with E-state index in [1.165, 1.54) is 0 Å². The molecule has 152 valence electrons. The van der Waals surface area contributed by atoms with Crippen LogP contribution >= 0.6 is 11.8 Å². The van der Waals surface area contributed by atoms with Crippen molar-refractivity contribution in [3.63, 3.8) is 0 Å². The van der Waals surface area contributed by atoms with E-state index in [-0.39, 0.29) is 10.8 Å². The van der Waals surface area contributed by atoms with Crippen molar-refractivity contribution in [3.05, 3.63) is 24.0 Å². The number of rotatable bonds is 5. The van der Waals surface area contributed by atoms with Crippen molar-refractivity contribution < 1.29 is 17.9 Å². The summed E-state index contributed by atoms with van der Waals surface area (Å²) in [5, 5.41) is 9.48. The second-order valence-electron chi connectivity index (χ2n) is 6.80. The number of sulfonamides is 1. The van der Waals surface area contributed by atoms with E-state index >= 15 is 0 Å². The Morgan fingerprint density at radius 1 is 1.21 bits per heavy atom. The van der Waals surface area contributed by atoms with Crippen molar-refractivity contribution in [1.29, 1.82) is 0 Å². The number of thioether (sulfide) groups is 1. The van der Waals surface area contributed by atoms with E-state index in [0.717, 1.165) is 30.4 Å². The summed E-state index contributed by atoms with van der Waals surface area (Å²) < 4.78 is 41.2. The lowest BCUT2D eigenvalue weighted by molar-refractivity contribution is 0.171. The number of piperidine rings is 1. The number of aromatic nitrogens is 3. The van der Waals surface area contributed by atoms with Crippen molar-refractivity contribution in [2.75, 3.05) is 32.6 Å². The molecule has 1 saturated heterocycles. The Hall–Kier alpha value is -1.78. The molecule has 1 aromatic heterocycles. The normalized spacial score (nSPS) is 20.3. The van der Waals surface area contributed by atoms with Crippen LogP contribution < -0.4 is 9.47 Å². The lowest BCUT2D eigenvalue weighted by atomic mass is 9.99. The first-order valence-corrected chi connectivity index (χ1v) is 12.1. The van der Waals surface area contributed by atoms with Gasteiger partial charge in [0, 0.05) is 31.6 Å². The van der Waals surface area contributed by atoms with E-state index in [1.807, 2.05) is 6.26 Å². The molecule has 28 heavy (non-hydrogen) atoms. The second-order valence-corrected chi connectivity index (χ2v) is 9.51. The zero-order valence-electron chi connectivity index (χ0n) is 16.0. The Morgan fingerprint density at radius 3 is 2.75 bits per heavy atom. The largest absolute Gasteiger partial charge is 0.486 e. The summed E-state index contributed by atoms with van der Waals surface area (Å²) >= 11 is 1.55. The molecule has 1 fully saturated rings. The molecule has 0 spiro atoms. The fraction of sp³-hybridized carbons (Fsp3) is 0.556. The zero-order chi connectivity index (χ0) is 19.7. The van der Waals surface area contributed by atoms with E-state index in [1.54, 1.807) is 34.3 Å². The van der Waals surface area contributed by atoms with Gasteiger partial charge in [0.1, 0.15) is 19.0 Å². The molecule has 0 unspecified atom stereocenters. The SMILES string of the molecule is CCn1c(SC)nnc1[C@H]1CCCN(S(=O)(=O)c2ccc3c(c2)OCCO3)C1. The van der Waals surface area contributed by atoms with Gasteiger partial charge in [-0.25, -0.2) is 8.42 Å². The van der Waals surface area contributed by atoms with Gasteiger partial charge in [-0.05, 0) is 38.2 Å². The summed E-state index contributed by atoms with van der Waals surface area (Å²) in [6.07, 6.45) is 3.67. The third-order valence-corrected chi connectivity index (χ3v) is 7.67. The van der Waals surface area contributed by atoms with Crippen molar-refractivity contribution in [3.8, 4) is 11.5 Å². The highest BCUT2D eigenvalue weighted by molar-refractivity contribution is 7.98. The Labute approximate surface area is 169 Å². The summed E-state index contributed by atoms with van der Waals surface area (Å²) in [6, 6.07) is 4.82. The molecule has 3 heterocycles. The molecule has 1 atom stereocenters. The third kappa shape index (κ3) is 3.48. The first kappa shape index (κ1) is 19.5. The molecule has 2 aliphatic heterocycles. The van der Waals surface area contributed by atoms with Crippen LogP contribution in [0.5, 0.6) is 11.5 Å². The third-order valence-electron chi connectivity index (χ3n) is 5.14. The van der Waals surface area contributed by atoms with E-state index in [9.17, 15) is 8.42 Å². The predicted octanol–water partition coefficient (Wildman–Crippen LogP) is 2.36. The minimum atomic E-state index is -3.62.